The molecule has 0 unspecified atom stereocenters. The van der Waals surface area contributed by atoms with Crippen LogP contribution in [0.4, 0.5) is 5.82 Å². The van der Waals surface area contributed by atoms with Crippen LogP contribution < -0.4 is 5.32 Å². The highest BCUT2D eigenvalue weighted by atomic mass is 32.1. The molecular weight excluding hydrogens is 346 g/mol. The molecular formula is C19H19N5OS. The second kappa shape index (κ2) is 6.34. The number of pyridine rings is 1. The number of thiophene rings is 1. The molecule has 0 atom stereocenters. The zero-order valence-corrected chi connectivity index (χ0v) is 15.0. The maximum atomic E-state index is 9.67. The maximum Gasteiger partial charge on any atom is 0.154 e. The molecule has 1 saturated carbocycles. The lowest BCUT2D eigenvalue weighted by molar-refractivity contribution is 0.126. The molecule has 0 saturated heterocycles. The molecule has 4 aromatic heterocycles. The van der Waals surface area contributed by atoms with Gasteiger partial charge in [-0.3, -0.25) is 4.98 Å². The third-order valence-electron chi connectivity index (χ3n) is 4.99. The van der Waals surface area contributed by atoms with Gasteiger partial charge in [0, 0.05) is 18.4 Å². The van der Waals surface area contributed by atoms with E-state index < -0.39 is 0 Å². The third kappa shape index (κ3) is 2.83. The standard InChI is InChI=1S/C19H19N5OS/c25-14-3-1-13(2-4-14)22-18-5-6-19-21-10-15(24(19)23-18)16-9-12-7-8-20-11-17(12)26-16/h5-11,13-14,25H,1-4H2,(H,22,23). The molecule has 0 spiro atoms. The predicted octanol–water partition coefficient (Wildman–Crippen LogP) is 3.72. The summed E-state index contributed by atoms with van der Waals surface area (Å²) in [5.74, 6) is 0.848. The van der Waals surface area contributed by atoms with Crippen molar-refractivity contribution in [3.05, 3.63) is 42.9 Å². The first-order valence-corrected chi connectivity index (χ1v) is 9.71. The molecule has 4 heterocycles. The molecule has 6 nitrogen and oxygen atoms in total. The first-order valence-electron chi connectivity index (χ1n) is 8.89. The summed E-state index contributed by atoms with van der Waals surface area (Å²) in [6.45, 7) is 0. The first-order chi connectivity index (χ1) is 12.8. The first kappa shape index (κ1) is 15.7. The lowest BCUT2D eigenvalue weighted by Crippen LogP contribution is -2.28. The van der Waals surface area contributed by atoms with Crippen molar-refractivity contribution in [2.45, 2.75) is 37.8 Å². The molecule has 2 N–H and O–H groups in total. The molecule has 26 heavy (non-hydrogen) atoms. The Bertz CT molecular complexity index is 1030. The average Bonchev–Trinajstić information content (AvgIpc) is 3.26. The van der Waals surface area contributed by atoms with E-state index in [0.717, 1.165) is 52.4 Å². The van der Waals surface area contributed by atoms with Crippen molar-refractivity contribution in [2.75, 3.05) is 5.32 Å². The molecule has 5 rings (SSSR count). The summed E-state index contributed by atoms with van der Waals surface area (Å²) in [4.78, 5) is 9.82. The van der Waals surface area contributed by atoms with Gasteiger partial charge in [0.2, 0.25) is 0 Å². The average molecular weight is 365 g/mol. The Balaban J connectivity index is 1.49. The summed E-state index contributed by atoms with van der Waals surface area (Å²) < 4.78 is 3.06. The van der Waals surface area contributed by atoms with Gasteiger partial charge in [0.25, 0.3) is 0 Å². The second-order valence-corrected chi connectivity index (χ2v) is 7.89. The number of hydrogen-bond acceptors (Lipinski definition) is 6. The van der Waals surface area contributed by atoms with Crippen LogP contribution in [0.5, 0.6) is 0 Å². The lowest BCUT2D eigenvalue weighted by Gasteiger charge is -2.26. The van der Waals surface area contributed by atoms with Crippen molar-refractivity contribution in [1.82, 2.24) is 19.6 Å². The fourth-order valence-electron chi connectivity index (χ4n) is 3.56. The van der Waals surface area contributed by atoms with E-state index in [1.54, 1.807) is 11.3 Å². The van der Waals surface area contributed by atoms with Crippen molar-refractivity contribution in [1.29, 1.82) is 0 Å². The van der Waals surface area contributed by atoms with Gasteiger partial charge in [0.05, 0.1) is 21.9 Å². The number of anilines is 1. The SMILES string of the molecule is OC1CCC(Nc2ccc3ncc(-c4cc5ccncc5s4)n3n2)CC1. The zero-order chi connectivity index (χ0) is 17.5. The van der Waals surface area contributed by atoms with E-state index in [-0.39, 0.29) is 6.10 Å². The van der Waals surface area contributed by atoms with Crippen molar-refractivity contribution in [2.24, 2.45) is 0 Å². The minimum atomic E-state index is -0.147. The number of aliphatic hydroxyl groups excluding tert-OH is 1. The molecule has 1 fully saturated rings. The van der Waals surface area contributed by atoms with E-state index in [4.69, 9.17) is 5.10 Å². The van der Waals surface area contributed by atoms with Crippen LogP contribution in [0.3, 0.4) is 0 Å². The van der Waals surface area contributed by atoms with E-state index in [1.807, 2.05) is 41.3 Å². The number of aromatic nitrogens is 4. The number of nitrogens with one attached hydrogen (secondary N) is 1. The van der Waals surface area contributed by atoms with Gasteiger partial charge in [-0.1, -0.05) is 0 Å². The van der Waals surface area contributed by atoms with Gasteiger partial charge >= 0.3 is 0 Å². The number of aliphatic hydroxyl groups is 1. The highest BCUT2D eigenvalue weighted by molar-refractivity contribution is 7.22. The minimum absolute atomic E-state index is 0.147. The third-order valence-corrected chi connectivity index (χ3v) is 6.09. The van der Waals surface area contributed by atoms with Crippen molar-refractivity contribution in [3.63, 3.8) is 0 Å². The fourth-order valence-corrected chi connectivity index (χ4v) is 4.58. The molecule has 0 radical (unpaired) electrons. The zero-order valence-electron chi connectivity index (χ0n) is 14.2. The normalized spacial score (nSPS) is 20.7. The van der Waals surface area contributed by atoms with E-state index in [9.17, 15) is 5.11 Å². The Hall–Kier alpha value is -2.51. The second-order valence-electron chi connectivity index (χ2n) is 6.81. The molecule has 7 heteroatoms. The topological polar surface area (TPSA) is 75.3 Å². The summed E-state index contributed by atoms with van der Waals surface area (Å²) in [5, 5.41) is 19.1. The molecule has 132 valence electrons. The number of hydrogen-bond donors (Lipinski definition) is 2. The van der Waals surface area contributed by atoms with Crippen molar-refractivity contribution < 1.29 is 5.11 Å². The van der Waals surface area contributed by atoms with Crippen molar-refractivity contribution >= 4 is 32.9 Å². The summed E-state index contributed by atoms with van der Waals surface area (Å²) >= 11 is 1.70. The minimum Gasteiger partial charge on any atom is -0.393 e. The Morgan fingerprint density at radius 1 is 1.12 bits per heavy atom. The van der Waals surface area contributed by atoms with Crippen LogP contribution in [0.1, 0.15) is 25.7 Å². The van der Waals surface area contributed by atoms with Gasteiger partial charge in [-0.05, 0) is 55.3 Å². The highest BCUT2D eigenvalue weighted by Crippen LogP contribution is 2.33. The quantitative estimate of drug-likeness (QED) is 0.579. The Morgan fingerprint density at radius 3 is 2.85 bits per heavy atom. The van der Waals surface area contributed by atoms with E-state index >= 15 is 0 Å². The number of nitrogens with zero attached hydrogens (tertiary/aromatic N) is 4. The molecule has 0 aromatic carbocycles. The maximum absolute atomic E-state index is 9.67. The summed E-state index contributed by atoms with van der Waals surface area (Å²) in [6.07, 6.45) is 9.09. The summed E-state index contributed by atoms with van der Waals surface area (Å²) in [5.41, 5.74) is 1.82. The smallest absolute Gasteiger partial charge is 0.154 e. The molecule has 1 aliphatic rings. The Morgan fingerprint density at radius 2 is 2.00 bits per heavy atom. The Kier molecular flexibility index (Phi) is 3.83. The predicted molar refractivity (Wildman–Crippen MR) is 103 cm³/mol. The van der Waals surface area contributed by atoms with Gasteiger partial charge in [0.1, 0.15) is 11.5 Å². The molecule has 0 bridgehead atoms. The van der Waals surface area contributed by atoms with Crippen LogP contribution in [0.15, 0.2) is 42.9 Å². The molecule has 1 aliphatic carbocycles. The number of rotatable bonds is 3. The van der Waals surface area contributed by atoms with E-state index in [1.165, 1.54) is 5.39 Å². The van der Waals surface area contributed by atoms with Crippen LogP contribution in [0.2, 0.25) is 0 Å². The van der Waals surface area contributed by atoms with Gasteiger partial charge in [-0.15, -0.1) is 16.4 Å². The monoisotopic (exact) mass is 365 g/mol. The largest absolute Gasteiger partial charge is 0.393 e. The van der Waals surface area contributed by atoms with E-state index in [2.05, 4.69) is 21.4 Å². The number of imidazole rings is 1. The lowest BCUT2D eigenvalue weighted by atomic mass is 9.93. The molecule has 0 aliphatic heterocycles. The van der Waals surface area contributed by atoms with Crippen LogP contribution >= 0.6 is 11.3 Å². The molecule has 4 aromatic rings. The van der Waals surface area contributed by atoms with Gasteiger partial charge in [-0.2, -0.15) is 0 Å². The Labute approximate surface area is 154 Å². The van der Waals surface area contributed by atoms with Crippen LogP contribution in [-0.4, -0.2) is 36.8 Å². The summed E-state index contributed by atoms with van der Waals surface area (Å²) in [6, 6.07) is 8.52. The van der Waals surface area contributed by atoms with Crippen LogP contribution in [-0.2, 0) is 0 Å². The van der Waals surface area contributed by atoms with Crippen molar-refractivity contribution in [3.8, 4) is 10.6 Å². The molecule has 0 amide bonds. The fraction of sp³-hybridized carbons (Fsp3) is 0.316. The van der Waals surface area contributed by atoms with Gasteiger partial charge in [-0.25, -0.2) is 9.50 Å². The van der Waals surface area contributed by atoms with Gasteiger partial charge in [0.15, 0.2) is 5.65 Å². The number of fused-ring (bicyclic) bond motifs is 2. The highest BCUT2D eigenvalue weighted by Gasteiger charge is 2.20. The summed E-state index contributed by atoms with van der Waals surface area (Å²) in [7, 11) is 0. The van der Waals surface area contributed by atoms with Crippen LogP contribution in [0.25, 0.3) is 26.3 Å². The van der Waals surface area contributed by atoms with E-state index in [0.29, 0.717) is 6.04 Å². The van der Waals surface area contributed by atoms with Gasteiger partial charge < -0.3 is 10.4 Å². The van der Waals surface area contributed by atoms with Crippen LogP contribution in [0, 0.1) is 0 Å².